The summed E-state index contributed by atoms with van der Waals surface area (Å²) in [6, 6.07) is 7.36. The van der Waals surface area contributed by atoms with Crippen LogP contribution in [0.3, 0.4) is 0 Å². The molecule has 0 aromatic heterocycles. The van der Waals surface area contributed by atoms with Gasteiger partial charge in [0.15, 0.2) is 0 Å². The molecule has 0 aliphatic rings. The summed E-state index contributed by atoms with van der Waals surface area (Å²) in [5, 5.41) is 0. The molecule has 0 amide bonds. The Morgan fingerprint density at radius 2 is 1.90 bits per heavy atom. The monoisotopic (exact) mass is 354 g/mol. The van der Waals surface area contributed by atoms with Crippen molar-refractivity contribution in [3.63, 3.8) is 0 Å². The number of nitrogens with two attached hydrogens (primary N) is 1. The number of anilines is 1. The summed E-state index contributed by atoms with van der Waals surface area (Å²) in [7, 11) is 0. The van der Waals surface area contributed by atoms with Gasteiger partial charge in [0, 0.05) is 28.8 Å². The maximum absolute atomic E-state index is 6.18. The van der Waals surface area contributed by atoms with Gasteiger partial charge in [0.1, 0.15) is 0 Å². The molecule has 0 saturated carbocycles. The van der Waals surface area contributed by atoms with Crippen LogP contribution >= 0.6 is 15.9 Å². The molecular formula is C18H31BrN2. The average Bonchev–Trinajstić information content (AvgIpc) is 2.45. The zero-order valence-electron chi connectivity index (χ0n) is 14.0. The van der Waals surface area contributed by atoms with E-state index in [2.05, 4.69) is 66.7 Å². The Balaban J connectivity index is 3.00. The molecule has 2 N–H and O–H groups in total. The molecule has 0 radical (unpaired) electrons. The van der Waals surface area contributed by atoms with E-state index >= 15 is 0 Å². The van der Waals surface area contributed by atoms with Gasteiger partial charge in [-0.1, -0.05) is 48.7 Å². The van der Waals surface area contributed by atoms with Gasteiger partial charge >= 0.3 is 0 Å². The molecule has 2 nitrogen and oxygen atoms in total. The van der Waals surface area contributed by atoms with Gasteiger partial charge in [-0.05, 0) is 50.8 Å². The molecule has 0 saturated heterocycles. The van der Waals surface area contributed by atoms with Crippen molar-refractivity contribution >= 4 is 21.6 Å². The molecule has 0 aliphatic carbocycles. The normalized spacial score (nSPS) is 12.7. The summed E-state index contributed by atoms with van der Waals surface area (Å²) in [5.74, 6) is 0. The Morgan fingerprint density at radius 3 is 2.48 bits per heavy atom. The van der Waals surface area contributed by atoms with Crippen LogP contribution in [0.5, 0.6) is 0 Å². The van der Waals surface area contributed by atoms with Gasteiger partial charge in [-0.15, -0.1) is 0 Å². The van der Waals surface area contributed by atoms with E-state index in [-0.39, 0.29) is 6.04 Å². The maximum Gasteiger partial charge on any atom is 0.0412 e. The number of unbranched alkanes of at least 4 members (excludes halogenated alkanes) is 2. The van der Waals surface area contributed by atoms with Gasteiger partial charge in [0.05, 0.1) is 0 Å². The van der Waals surface area contributed by atoms with E-state index in [4.69, 9.17) is 5.73 Å². The summed E-state index contributed by atoms with van der Waals surface area (Å²) >= 11 is 3.62. The van der Waals surface area contributed by atoms with Gasteiger partial charge in [0.25, 0.3) is 0 Å². The number of rotatable bonds is 9. The molecule has 120 valence electrons. The van der Waals surface area contributed by atoms with Crippen LogP contribution in [0.15, 0.2) is 22.7 Å². The number of hydrogen-bond donors (Lipinski definition) is 1. The largest absolute Gasteiger partial charge is 0.369 e. The minimum Gasteiger partial charge on any atom is -0.369 e. The van der Waals surface area contributed by atoms with Crippen LogP contribution in [-0.2, 0) is 6.42 Å². The van der Waals surface area contributed by atoms with Gasteiger partial charge < -0.3 is 10.6 Å². The van der Waals surface area contributed by atoms with E-state index in [1.54, 1.807) is 0 Å². The highest BCUT2D eigenvalue weighted by molar-refractivity contribution is 9.10. The van der Waals surface area contributed by atoms with Crippen molar-refractivity contribution in [2.45, 2.75) is 71.9 Å². The standard InChI is InChI=1S/C18H31BrN2/c1-5-7-8-11-21(14(3)4)18-13-16(19)10-9-15(18)12-17(20)6-2/h9-10,13-14,17H,5-8,11-12,20H2,1-4H3. The fourth-order valence-corrected chi connectivity index (χ4v) is 2.94. The van der Waals surface area contributed by atoms with Crippen LogP contribution in [0.2, 0.25) is 0 Å². The van der Waals surface area contributed by atoms with E-state index < -0.39 is 0 Å². The topological polar surface area (TPSA) is 29.3 Å². The highest BCUT2D eigenvalue weighted by atomic mass is 79.9. The number of halogens is 1. The third-order valence-electron chi connectivity index (χ3n) is 3.99. The first-order valence-corrected chi connectivity index (χ1v) is 9.09. The van der Waals surface area contributed by atoms with Gasteiger partial charge in [0.2, 0.25) is 0 Å². The Kier molecular flexibility index (Phi) is 8.35. The second-order valence-corrected chi connectivity index (χ2v) is 7.06. The molecule has 0 fully saturated rings. The van der Waals surface area contributed by atoms with Crippen LogP contribution in [0, 0.1) is 0 Å². The quantitative estimate of drug-likeness (QED) is 0.622. The molecule has 0 heterocycles. The van der Waals surface area contributed by atoms with Crippen LogP contribution in [0.4, 0.5) is 5.69 Å². The number of benzene rings is 1. The zero-order valence-corrected chi connectivity index (χ0v) is 15.6. The second kappa shape index (κ2) is 9.47. The molecule has 21 heavy (non-hydrogen) atoms. The summed E-state index contributed by atoms with van der Waals surface area (Å²) in [5.41, 5.74) is 8.90. The van der Waals surface area contributed by atoms with Crippen molar-refractivity contribution in [2.24, 2.45) is 5.73 Å². The molecule has 1 aromatic rings. The van der Waals surface area contributed by atoms with E-state index in [1.165, 1.54) is 30.5 Å². The lowest BCUT2D eigenvalue weighted by atomic mass is 10.0. The first-order valence-electron chi connectivity index (χ1n) is 8.30. The molecule has 1 rings (SSSR count). The van der Waals surface area contributed by atoms with E-state index in [0.717, 1.165) is 23.9 Å². The summed E-state index contributed by atoms with van der Waals surface area (Å²) in [6.07, 6.45) is 5.78. The minimum atomic E-state index is 0.245. The molecule has 1 atom stereocenters. The molecule has 1 unspecified atom stereocenters. The lowest BCUT2D eigenvalue weighted by molar-refractivity contribution is 0.613. The van der Waals surface area contributed by atoms with Crippen LogP contribution in [0.1, 0.15) is 58.9 Å². The first-order chi connectivity index (χ1) is 9.99. The van der Waals surface area contributed by atoms with Crippen molar-refractivity contribution < 1.29 is 0 Å². The lowest BCUT2D eigenvalue weighted by Crippen LogP contribution is -2.33. The molecule has 1 aromatic carbocycles. The Morgan fingerprint density at radius 1 is 1.19 bits per heavy atom. The Labute approximate surface area is 139 Å². The summed E-state index contributed by atoms with van der Waals surface area (Å²) in [6.45, 7) is 10.1. The third-order valence-corrected chi connectivity index (χ3v) is 4.48. The third kappa shape index (κ3) is 5.99. The summed E-state index contributed by atoms with van der Waals surface area (Å²) < 4.78 is 1.15. The molecule has 0 aliphatic heterocycles. The van der Waals surface area contributed by atoms with E-state index in [0.29, 0.717) is 6.04 Å². The SMILES string of the molecule is CCCCCN(c1cc(Br)ccc1CC(N)CC)C(C)C. The molecule has 0 spiro atoms. The fourth-order valence-electron chi connectivity index (χ4n) is 2.59. The maximum atomic E-state index is 6.18. The predicted molar refractivity (Wildman–Crippen MR) is 98.1 cm³/mol. The van der Waals surface area contributed by atoms with Gasteiger partial charge in [-0.25, -0.2) is 0 Å². The number of hydrogen-bond acceptors (Lipinski definition) is 2. The predicted octanol–water partition coefficient (Wildman–Crippen LogP) is 5.13. The summed E-state index contributed by atoms with van der Waals surface area (Å²) in [4.78, 5) is 2.53. The Hall–Kier alpha value is -0.540. The van der Waals surface area contributed by atoms with E-state index in [9.17, 15) is 0 Å². The second-order valence-electron chi connectivity index (χ2n) is 6.14. The van der Waals surface area contributed by atoms with Crippen LogP contribution in [-0.4, -0.2) is 18.6 Å². The van der Waals surface area contributed by atoms with Crippen molar-refractivity contribution in [3.8, 4) is 0 Å². The van der Waals surface area contributed by atoms with Gasteiger partial charge in [-0.2, -0.15) is 0 Å². The highest BCUT2D eigenvalue weighted by Crippen LogP contribution is 2.28. The minimum absolute atomic E-state index is 0.245. The average molecular weight is 355 g/mol. The van der Waals surface area contributed by atoms with Gasteiger partial charge in [-0.3, -0.25) is 0 Å². The molecule has 3 heteroatoms. The smallest absolute Gasteiger partial charge is 0.0412 e. The van der Waals surface area contributed by atoms with Crippen LogP contribution < -0.4 is 10.6 Å². The zero-order chi connectivity index (χ0) is 15.8. The van der Waals surface area contributed by atoms with Crippen molar-refractivity contribution in [1.29, 1.82) is 0 Å². The lowest BCUT2D eigenvalue weighted by Gasteiger charge is -2.32. The van der Waals surface area contributed by atoms with Crippen molar-refractivity contribution in [1.82, 2.24) is 0 Å². The van der Waals surface area contributed by atoms with Crippen molar-refractivity contribution in [3.05, 3.63) is 28.2 Å². The van der Waals surface area contributed by atoms with Crippen LogP contribution in [0.25, 0.3) is 0 Å². The van der Waals surface area contributed by atoms with E-state index in [1.807, 2.05) is 0 Å². The molecular weight excluding hydrogens is 324 g/mol. The molecule has 0 bridgehead atoms. The van der Waals surface area contributed by atoms with Crippen molar-refractivity contribution in [2.75, 3.05) is 11.4 Å². The highest BCUT2D eigenvalue weighted by Gasteiger charge is 2.16. The first kappa shape index (κ1) is 18.5. The number of nitrogens with zero attached hydrogens (tertiary/aromatic N) is 1. The fraction of sp³-hybridized carbons (Fsp3) is 0.667. The Bertz CT molecular complexity index is 418.